The van der Waals surface area contributed by atoms with Crippen LogP contribution in [0.3, 0.4) is 0 Å². The van der Waals surface area contributed by atoms with Gasteiger partial charge in [0, 0.05) is 0 Å². The molecule has 1 aliphatic heterocycles. The maximum Gasteiger partial charge on any atom is 0.341 e. The molecule has 0 radical (unpaired) electrons. The molecule has 0 atom stereocenters. The van der Waals surface area contributed by atoms with Gasteiger partial charge in [0.05, 0.1) is 10.6 Å². The molecule has 3 N–H and O–H groups in total. The van der Waals surface area contributed by atoms with Crippen LogP contribution in [-0.2, 0) is 9.59 Å². The van der Waals surface area contributed by atoms with E-state index in [1.54, 1.807) is 42.5 Å². The van der Waals surface area contributed by atoms with Crippen molar-refractivity contribution in [3.8, 4) is 11.5 Å². The van der Waals surface area contributed by atoms with Crippen LogP contribution in [0.25, 0.3) is 6.08 Å². The Morgan fingerprint density at radius 3 is 2.73 bits per heavy atom. The van der Waals surface area contributed by atoms with Crippen LogP contribution in [0.5, 0.6) is 11.5 Å². The van der Waals surface area contributed by atoms with E-state index in [9.17, 15) is 14.7 Å². The normalized spacial score (nSPS) is 16.7. The fourth-order valence-electron chi connectivity index (χ4n) is 2.12. The number of amidine groups is 1. The molecule has 1 fully saturated rings. The smallest absolute Gasteiger partial charge is 0.341 e. The van der Waals surface area contributed by atoms with Crippen molar-refractivity contribution in [3.63, 3.8) is 0 Å². The van der Waals surface area contributed by atoms with Gasteiger partial charge in [0.2, 0.25) is 0 Å². The number of hydrogen-bond donors (Lipinski definition) is 3. The fourth-order valence-corrected chi connectivity index (χ4v) is 2.96. The van der Waals surface area contributed by atoms with E-state index in [4.69, 9.17) is 9.84 Å². The van der Waals surface area contributed by atoms with Crippen molar-refractivity contribution < 1.29 is 24.5 Å². The first-order chi connectivity index (χ1) is 12.5. The number of hydrogen-bond acceptors (Lipinski definition) is 6. The van der Waals surface area contributed by atoms with Gasteiger partial charge in [-0.05, 0) is 59.8 Å². The van der Waals surface area contributed by atoms with Gasteiger partial charge in [-0.1, -0.05) is 12.1 Å². The maximum atomic E-state index is 12.1. The summed E-state index contributed by atoms with van der Waals surface area (Å²) in [5, 5.41) is 21.0. The molecule has 26 heavy (non-hydrogen) atoms. The van der Waals surface area contributed by atoms with Crippen LogP contribution < -0.4 is 10.1 Å². The minimum atomic E-state index is -1.06. The summed E-state index contributed by atoms with van der Waals surface area (Å²) in [5.74, 6) is -0.787. The Hall–Kier alpha value is -3.26. The fraction of sp³-hybridized carbons (Fsp3) is 0.0556. The van der Waals surface area contributed by atoms with E-state index in [0.29, 0.717) is 27.1 Å². The number of amides is 1. The van der Waals surface area contributed by atoms with E-state index in [1.807, 2.05) is 0 Å². The molecule has 3 rings (SSSR count). The second-order valence-corrected chi connectivity index (χ2v) is 6.28. The molecule has 1 aliphatic rings. The zero-order chi connectivity index (χ0) is 18.5. The lowest BCUT2D eigenvalue weighted by molar-refractivity contribution is -0.139. The lowest BCUT2D eigenvalue weighted by atomic mass is 10.2. The van der Waals surface area contributed by atoms with Gasteiger partial charge in [-0.15, -0.1) is 0 Å². The Labute approximate surface area is 153 Å². The summed E-state index contributed by atoms with van der Waals surface area (Å²) in [6.45, 7) is -0.432. The summed E-state index contributed by atoms with van der Waals surface area (Å²) in [4.78, 5) is 27.4. The Morgan fingerprint density at radius 1 is 1.23 bits per heavy atom. The molecule has 2 aromatic carbocycles. The highest BCUT2D eigenvalue weighted by Gasteiger charge is 2.23. The van der Waals surface area contributed by atoms with Crippen LogP contribution in [-0.4, -0.2) is 33.9 Å². The molecule has 2 aromatic rings. The van der Waals surface area contributed by atoms with E-state index < -0.39 is 12.6 Å². The zero-order valence-corrected chi connectivity index (χ0v) is 14.2. The lowest BCUT2D eigenvalue weighted by Gasteiger charge is -2.03. The molecule has 0 aromatic heterocycles. The quantitative estimate of drug-likeness (QED) is 0.699. The first-order valence-corrected chi connectivity index (χ1v) is 8.34. The maximum absolute atomic E-state index is 12.1. The van der Waals surface area contributed by atoms with E-state index in [2.05, 4.69) is 10.3 Å². The Balaban J connectivity index is 1.75. The van der Waals surface area contributed by atoms with E-state index in [-0.39, 0.29) is 11.7 Å². The molecule has 0 spiro atoms. The number of phenols is 1. The summed E-state index contributed by atoms with van der Waals surface area (Å²) in [6, 6.07) is 13.1. The summed E-state index contributed by atoms with van der Waals surface area (Å²) in [7, 11) is 0. The lowest BCUT2D eigenvalue weighted by Crippen LogP contribution is -2.19. The Morgan fingerprint density at radius 2 is 2.00 bits per heavy atom. The predicted molar refractivity (Wildman–Crippen MR) is 98.5 cm³/mol. The number of aromatic hydroxyl groups is 1. The Bertz CT molecular complexity index is 906. The molecule has 0 bridgehead atoms. The molecule has 0 saturated carbocycles. The van der Waals surface area contributed by atoms with Gasteiger partial charge >= 0.3 is 5.97 Å². The van der Waals surface area contributed by atoms with E-state index >= 15 is 0 Å². The van der Waals surface area contributed by atoms with Crippen molar-refractivity contribution in [2.24, 2.45) is 4.99 Å². The molecule has 132 valence electrons. The summed E-state index contributed by atoms with van der Waals surface area (Å²) >= 11 is 1.19. The van der Waals surface area contributed by atoms with Crippen molar-refractivity contribution in [2.75, 3.05) is 6.61 Å². The molecule has 8 heteroatoms. The topological polar surface area (TPSA) is 108 Å². The number of ether oxygens (including phenoxy) is 1. The van der Waals surface area contributed by atoms with Gasteiger partial charge in [0.25, 0.3) is 5.91 Å². The van der Waals surface area contributed by atoms with Gasteiger partial charge < -0.3 is 20.3 Å². The number of rotatable bonds is 5. The monoisotopic (exact) mass is 370 g/mol. The van der Waals surface area contributed by atoms with Crippen molar-refractivity contribution in [3.05, 3.63) is 59.0 Å². The third-order valence-corrected chi connectivity index (χ3v) is 4.16. The molecular weight excluding hydrogens is 356 g/mol. The molecule has 0 unspecified atom stereocenters. The van der Waals surface area contributed by atoms with Crippen molar-refractivity contribution >= 4 is 40.6 Å². The number of nitrogens with one attached hydrogen (secondary N) is 1. The van der Waals surface area contributed by atoms with Gasteiger partial charge in [-0.25, -0.2) is 9.79 Å². The van der Waals surface area contributed by atoms with Crippen LogP contribution >= 0.6 is 11.8 Å². The second-order valence-electron chi connectivity index (χ2n) is 5.25. The van der Waals surface area contributed by atoms with Crippen LogP contribution in [0, 0.1) is 0 Å². The van der Waals surface area contributed by atoms with Crippen molar-refractivity contribution in [1.82, 2.24) is 5.32 Å². The molecule has 1 heterocycles. The van der Waals surface area contributed by atoms with Crippen LogP contribution in [0.4, 0.5) is 5.69 Å². The minimum absolute atomic E-state index is 0.141. The number of carbonyl (C=O) groups is 2. The SMILES string of the molecule is O=C(O)COc1cccc(/C=C2\SC(=Nc3ccc(O)cc3)NC2=O)c1. The third kappa shape index (κ3) is 4.64. The largest absolute Gasteiger partial charge is 0.508 e. The van der Waals surface area contributed by atoms with Crippen LogP contribution in [0.1, 0.15) is 5.56 Å². The van der Waals surface area contributed by atoms with Gasteiger partial charge in [-0.3, -0.25) is 4.79 Å². The highest BCUT2D eigenvalue weighted by atomic mass is 32.2. The summed E-state index contributed by atoms with van der Waals surface area (Å²) < 4.78 is 5.13. The molecule has 7 nitrogen and oxygen atoms in total. The first-order valence-electron chi connectivity index (χ1n) is 7.53. The highest BCUT2D eigenvalue weighted by Crippen LogP contribution is 2.29. The molecule has 1 amide bonds. The molecule has 0 aliphatic carbocycles. The zero-order valence-electron chi connectivity index (χ0n) is 13.4. The predicted octanol–water partition coefficient (Wildman–Crippen LogP) is 2.75. The number of benzene rings is 2. The molecular formula is C18H14N2O5S. The average molecular weight is 370 g/mol. The average Bonchev–Trinajstić information content (AvgIpc) is 2.95. The number of nitrogens with zero attached hydrogens (tertiary/aromatic N) is 1. The Kier molecular flexibility index (Phi) is 5.23. The number of carboxylic acids is 1. The first kappa shape index (κ1) is 17.6. The standard InChI is InChI=1S/C18H14N2O5S/c21-13-6-4-12(5-7-13)19-18-20-17(24)15(26-18)9-11-2-1-3-14(8-11)25-10-16(22)23/h1-9,21H,10H2,(H,22,23)(H,19,20,24)/b15-9-. The third-order valence-electron chi connectivity index (χ3n) is 3.25. The van der Waals surface area contributed by atoms with Gasteiger partial charge in [0.15, 0.2) is 11.8 Å². The number of aliphatic imine (C=N–C) groups is 1. The van der Waals surface area contributed by atoms with Gasteiger partial charge in [0.1, 0.15) is 11.5 Å². The number of thioether (sulfide) groups is 1. The number of carboxylic acid groups (broad SMARTS) is 1. The summed E-state index contributed by atoms with van der Waals surface area (Å²) in [6.07, 6.45) is 1.67. The van der Waals surface area contributed by atoms with Crippen LogP contribution in [0.2, 0.25) is 0 Å². The van der Waals surface area contributed by atoms with Crippen LogP contribution in [0.15, 0.2) is 58.4 Å². The number of aliphatic carboxylic acids is 1. The number of phenolic OH excluding ortho intramolecular Hbond substituents is 1. The van der Waals surface area contributed by atoms with Crippen molar-refractivity contribution in [2.45, 2.75) is 0 Å². The second kappa shape index (κ2) is 7.75. The number of carbonyl (C=O) groups excluding carboxylic acids is 1. The van der Waals surface area contributed by atoms with Gasteiger partial charge in [-0.2, -0.15) is 0 Å². The summed E-state index contributed by atoms with van der Waals surface area (Å²) in [5.41, 5.74) is 1.31. The van der Waals surface area contributed by atoms with E-state index in [1.165, 1.54) is 23.9 Å². The molecule has 1 saturated heterocycles. The minimum Gasteiger partial charge on any atom is -0.508 e. The highest BCUT2D eigenvalue weighted by molar-refractivity contribution is 8.18. The van der Waals surface area contributed by atoms with E-state index in [0.717, 1.165) is 0 Å². The van der Waals surface area contributed by atoms with Crippen molar-refractivity contribution in [1.29, 1.82) is 0 Å².